The third-order valence-electron chi connectivity index (χ3n) is 4.39. The van der Waals surface area contributed by atoms with Gasteiger partial charge >= 0.3 is 6.09 Å². The molecule has 5 N–H and O–H groups in total. The quantitative estimate of drug-likeness (QED) is 0.404. The first kappa shape index (κ1) is 21.4. The van der Waals surface area contributed by atoms with Crippen LogP contribution in [0.2, 0.25) is 0 Å². The van der Waals surface area contributed by atoms with Crippen LogP contribution >= 0.6 is 0 Å². The fourth-order valence-electron chi connectivity index (χ4n) is 2.97. The minimum atomic E-state index is -0.915. The highest BCUT2D eigenvalue weighted by atomic mass is 19.1. The number of rotatable bonds is 7. The SMILES string of the molecule is COCCC(=O)NC1CCN(c2cccc(COC(=O)NC(=N)N)c2F)CC1. The molecule has 0 saturated carbocycles. The van der Waals surface area contributed by atoms with E-state index in [9.17, 15) is 14.0 Å². The second-order valence-electron chi connectivity index (χ2n) is 6.44. The van der Waals surface area contributed by atoms with Gasteiger partial charge in [0.1, 0.15) is 6.61 Å². The van der Waals surface area contributed by atoms with E-state index < -0.39 is 17.9 Å². The topological polar surface area (TPSA) is 130 Å². The van der Waals surface area contributed by atoms with E-state index in [0.717, 1.165) is 0 Å². The molecular formula is C18H26FN5O4. The molecule has 2 amide bonds. The number of carbonyl (C=O) groups excluding carboxylic acids is 2. The predicted octanol–water partition coefficient (Wildman–Crippen LogP) is 1.07. The number of ether oxygens (including phenoxy) is 2. The standard InChI is InChI=1S/C18H26FN5O4/c1-27-10-7-15(25)22-13-5-8-24(9-6-13)14-4-2-3-12(16(14)19)11-28-18(26)23-17(20)21/h2-4,13H,5-11H2,1H3,(H,22,25)(H4,20,21,23,26). The van der Waals surface area contributed by atoms with Crippen LogP contribution < -0.4 is 21.3 Å². The van der Waals surface area contributed by atoms with Crippen LogP contribution in [0.1, 0.15) is 24.8 Å². The zero-order valence-corrected chi connectivity index (χ0v) is 15.8. The Morgan fingerprint density at radius 1 is 1.36 bits per heavy atom. The van der Waals surface area contributed by atoms with Crippen LogP contribution in [-0.2, 0) is 20.9 Å². The lowest BCUT2D eigenvalue weighted by Gasteiger charge is -2.34. The van der Waals surface area contributed by atoms with Gasteiger partial charge in [0.2, 0.25) is 5.91 Å². The van der Waals surface area contributed by atoms with E-state index in [2.05, 4.69) is 5.32 Å². The van der Waals surface area contributed by atoms with Crippen LogP contribution in [0.5, 0.6) is 0 Å². The number of benzene rings is 1. The van der Waals surface area contributed by atoms with Gasteiger partial charge in [-0.25, -0.2) is 9.18 Å². The molecule has 0 aliphatic carbocycles. The predicted molar refractivity (Wildman–Crippen MR) is 102 cm³/mol. The van der Waals surface area contributed by atoms with Gasteiger partial charge < -0.3 is 25.4 Å². The van der Waals surface area contributed by atoms with Gasteiger partial charge in [-0.15, -0.1) is 0 Å². The largest absolute Gasteiger partial charge is 0.444 e. The zero-order valence-electron chi connectivity index (χ0n) is 15.8. The molecule has 1 aliphatic rings. The third-order valence-corrected chi connectivity index (χ3v) is 4.39. The highest BCUT2D eigenvalue weighted by molar-refractivity contribution is 5.90. The van der Waals surface area contributed by atoms with Gasteiger partial charge in [-0.05, 0) is 18.9 Å². The summed E-state index contributed by atoms with van der Waals surface area (Å²) in [5.41, 5.74) is 5.69. The molecule has 1 aromatic carbocycles. The molecule has 1 heterocycles. The molecule has 154 valence electrons. The number of anilines is 1. The molecule has 1 aromatic rings. The lowest BCUT2D eigenvalue weighted by Crippen LogP contribution is -2.45. The molecule has 0 spiro atoms. The maximum absolute atomic E-state index is 14.8. The Hall–Kier alpha value is -2.88. The van der Waals surface area contributed by atoms with Crippen LogP contribution in [0.15, 0.2) is 18.2 Å². The molecule has 9 nitrogen and oxygen atoms in total. The number of carbonyl (C=O) groups is 2. The van der Waals surface area contributed by atoms with Crippen LogP contribution in [0, 0.1) is 11.2 Å². The van der Waals surface area contributed by atoms with E-state index in [1.54, 1.807) is 19.2 Å². The second-order valence-corrected chi connectivity index (χ2v) is 6.44. The van der Waals surface area contributed by atoms with Crippen molar-refractivity contribution in [2.45, 2.75) is 31.9 Å². The molecule has 2 rings (SSSR count). The molecule has 1 aliphatic heterocycles. The molecular weight excluding hydrogens is 369 g/mol. The summed E-state index contributed by atoms with van der Waals surface area (Å²) in [6.45, 7) is 1.31. The number of halogens is 1. The second kappa shape index (κ2) is 10.5. The normalized spacial score (nSPS) is 14.4. The maximum Gasteiger partial charge on any atom is 0.414 e. The number of nitrogens with one attached hydrogen (secondary N) is 3. The van der Waals surface area contributed by atoms with Crippen LogP contribution in [0.4, 0.5) is 14.9 Å². The summed E-state index contributed by atoms with van der Waals surface area (Å²) in [5, 5.41) is 11.9. The van der Waals surface area contributed by atoms with Gasteiger partial charge in [0.25, 0.3) is 0 Å². The molecule has 1 saturated heterocycles. The highest BCUT2D eigenvalue weighted by Crippen LogP contribution is 2.26. The number of methoxy groups -OCH3 is 1. The minimum absolute atomic E-state index is 0.0468. The van der Waals surface area contributed by atoms with Crippen molar-refractivity contribution in [1.82, 2.24) is 10.6 Å². The molecule has 0 unspecified atom stereocenters. The maximum atomic E-state index is 14.8. The van der Waals surface area contributed by atoms with Crippen molar-refractivity contribution in [3.63, 3.8) is 0 Å². The average molecular weight is 395 g/mol. The number of nitrogens with two attached hydrogens (primary N) is 1. The van der Waals surface area contributed by atoms with Gasteiger partial charge in [-0.2, -0.15) is 0 Å². The highest BCUT2D eigenvalue weighted by Gasteiger charge is 2.23. The number of hydrogen-bond donors (Lipinski definition) is 4. The lowest BCUT2D eigenvalue weighted by atomic mass is 10.0. The van der Waals surface area contributed by atoms with Crippen molar-refractivity contribution in [3.05, 3.63) is 29.6 Å². The Morgan fingerprint density at radius 3 is 2.71 bits per heavy atom. The minimum Gasteiger partial charge on any atom is -0.444 e. The fourth-order valence-corrected chi connectivity index (χ4v) is 2.97. The summed E-state index contributed by atoms with van der Waals surface area (Å²) in [6.07, 6.45) is 0.826. The number of alkyl carbamates (subject to hydrolysis) is 1. The Labute approximate surface area is 162 Å². The third kappa shape index (κ3) is 6.38. The molecule has 0 radical (unpaired) electrons. The Bertz CT molecular complexity index is 707. The number of amides is 2. The molecule has 10 heteroatoms. The van der Waals surface area contributed by atoms with Gasteiger partial charge in [0.15, 0.2) is 11.8 Å². The van der Waals surface area contributed by atoms with Gasteiger partial charge in [-0.3, -0.25) is 15.5 Å². The monoisotopic (exact) mass is 395 g/mol. The Kier molecular flexibility index (Phi) is 8.00. The molecule has 0 bridgehead atoms. The number of hydrogen-bond acceptors (Lipinski definition) is 6. The summed E-state index contributed by atoms with van der Waals surface area (Å²) in [6, 6.07) is 4.96. The van der Waals surface area contributed by atoms with E-state index in [4.69, 9.17) is 20.6 Å². The van der Waals surface area contributed by atoms with E-state index in [1.165, 1.54) is 6.07 Å². The van der Waals surface area contributed by atoms with Crippen molar-refractivity contribution in [1.29, 1.82) is 5.41 Å². The smallest absolute Gasteiger partial charge is 0.414 e. The first-order chi connectivity index (χ1) is 13.4. The average Bonchev–Trinajstić information content (AvgIpc) is 2.66. The Morgan fingerprint density at radius 2 is 2.07 bits per heavy atom. The summed E-state index contributed by atoms with van der Waals surface area (Å²) < 4.78 is 24.6. The molecule has 1 fully saturated rings. The van der Waals surface area contributed by atoms with E-state index in [1.807, 2.05) is 10.2 Å². The van der Waals surface area contributed by atoms with Crippen molar-refractivity contribution in [2.24, 2.45) is 5.73 Å². The summed E-state index contributed by atoms with van der Waals surface area (Å²) in [4.78, 5) is 25.1. The van der Waals surface area contributed by atoms with Gasteiger partial charge in [-0.1, -0.05) is 12.1 Å². The van der Waals surface area contributed by atoms with Gasteiger partial charge in [0, 0.05) is 38.2 Å². The van der Waals surface area contributed by atoms with Crippen molar-refractivity contribution < 1.29 is 23.5 Å². The van der Waals surface area contributed by atoms with Crippen molar-refractivity contribution >= 4 is 23.6 Å². The lowest BCUT2D eigenvalue weighted by molar-refractivity contribution is -0.122. The summed E-state index contributed by atoms with van der Waals surface area (Å²) in [5.74, 6) is -1.05. The Balaban J connectivity index is 1.90. The van der Waals surface area contributed by atoms with Crippen LogP contribution in [0.3, 0.4) is 0 Å². The number of nitrogens with zero attached hydrogens (tertiary/aromatic N) is 1. The number of piperidine rings is 1. The number of guanidine groups is 1. The fraction of sp³-hybridized carbons (Fsp3) is 0.500. The molecule has 0 aromatic heterocycles. The van der Waals surface area contributed by atoms with Gasteiger partial charge in [0.05, 0.1) is 12.3 Å². The summed E-state index contributed by atoms with van der Waals surface area (Å²) in [7, 11) is 1.55. The van der Waals surface area contributed by atoms with E-state index in [-0.39, 0.29) is 24.1 Å². The van der Waals surface area contributed by atoms with Crippen molar-refractivity contribution in [3.8, 4) is 0 Å². The van der Waals surface area contributed by atoms with Crippen LogP contribution in [-0.4, -0.2) is 50.8 Å². The van der Waals surface area contributed by atoms with E-state index >= 15 is 0 Å². The first-order valence-corrected chi connectivity index (χ1v) is 8.99. The van der Waals surface area contributed by atoms with Crippen LogP contribution in [0.25, 0.3) is 0 Å². The van der Waals surface area contributed by atoms with E-state index in [0.29, 0.717) is 44.6 Å². The first-order valence-electron chi connectivity index (χ1n) is 8.99. The molecule has 28 heavy (non-hydrogen) atoms. The molecule has 0 atom stereocenters. The van der Waals surface area contributed by atoms with Crippen molar-refractivity contribution in [2.75, 3.05) is 31.7 Å². The summed E-state index contributed by atoms with van der Waals surface area (Å²) >= 11 is 0. The zero-order chi connectivity index (χ0) is 20.5.